The van der Waals surface area contributed by atoms with Gasteiger partial charge in [-0.15, -0.1) is 11.3 Å². The van der Waals surface area contributed by atoms with Crippen LogP contribution in [-0.4, -0.2) is 29.1 Å². The van der Waals surface area contributed by atoms with Crippen LogP contribution in [0, 0.1) is 0 Å². The van der Waals surface area contributed by atoms with Crippen LogP contribution in [0.2, 0.25) is 0 Å². The molecule has 0 saturated heterocycles. The highest BCUT2D eigenvalue weighted by Gasteiger charge is 2.23. The molecule has 11 rings (SSSR count). The van der Waals surface area contributed by atoms with Gasteiger partial charge in [-0.3, -0.25) is 9.13 Å². The predicted octanol–water partition coefficient (Wildman–Crippen LogP) is 13.7. The summed E-state index contributed by atoms with van der Waals surface area (Å²) in [7, 11) is 0. The Balaban J connectivity index is 1.17. The van der Waals surface area contributed by atoms with E-state index in [0.717, 1.165) is 86.8 Å². The Hall–Kier alpha value is -7.74. The van der Waals surface area contributed by atoms with E-state index >= 15 is 0 Å². The first kappa shape index (κ1) is 35.4. The second kappa shape index (κ2) is 14.6. The molecule has 0 amide bonds. The molecule has 0 aliphatic carbocycles. The Bertz CT molecular complexity index is 3460. The van der Waals surface area contributed by atoms with Crippen LogP contribution in [0.5, 0.6) is 0 Å². The van der Waals surface area contributed by atoms with Crippen LogP contribution < -0.4 is 0 Å². The summed E-state index contributed by atoms with van der Waals surface area (Å²) in [5.74, 6) is 2.47. The quantitative estimate of drug-likeness (QED) is 0.144. The average molecular weight is 789 g/mol. The van der Waals surface area contributed by atoms with E-state index in [-0.39, 0.29) is 0 Å². The molecule has 0 bridgehead atoms. The van der Waals surface area contributed by atoms with E-state index in [1.54, 1.807) is 11.3 Å². The molecule has 0 radical (unpaired) electrons. The second-order valence-electron chi connectivity index (χ2n) is 14.7. The molecule has 0 spiro atoms. The van der Waals surface area contributed by atoms with Crippen molar-refractivity contribution in [3.8, 4) is 34.4 Å². The molecule has 7 heteroatoms. The lowest BCUT2D eigenvalue weighted by Crippen LogP contribution is -2.07. The highest BCUT2D eigenvalue weighted by molar-refractivity contribution is 7.26. The van der Waals surface area contributed by atoms with Gasteiger partial charge in [0.1, 0.15) is 5.82 Å². The van der Waals surface area contributed by atoms with Crippen molar-refractivity contribution in [2.75, 3.05) is 0 Å². The van der Waals surface area contributed by atoms with E-state index in [0.29, 0.717) is 23.2 Å². The second-order valence-corrected chi connectivity index (χ2v) is 15.8. The standard InChI is InChI=1S/C53H36N6S/c1-3-35(36-18-6-4-7-19-36)33-32-34(2)50-55-51(57-53(56-50)59-43-27-13-10-22-38(43)39-23-11-14-28-44(39)59)40-24-16-30-46-48(40)49-41(25-17-31-47(49)60-46)52-54-42-26-12-15-29-45(42)58(52)37-20-8-5-9-21-37/h3-33H,2H2,1H3/b33-32-,35-3+. The normalized spacial score (nSPS) is 12.2. The van der Waals surface area contributed by atoms with Gasteiger partial charge >= 0.3 is 0 Å². The van der Waals surface area contributed by atoms with Gasteiger partial charge < -0.3 is 0 Å². The zero-order chi connectivity index (χ0) is 40.2. The van der Waals surface area contributed by atoms with Crippen molar-refractivity contribution in [2.24, 2.45) is 0 Å². The molecule has 60 heavy (non-hydrogen) atoms. The van der Waals surface area contributed by atoms with E-state index in [9.17, 15) is 0 Å². The van der Waals surface area contributed by atoms with Crippen LogP contribution in [0.1, 0.15) is 18.3 Å². The number of rotatable bonds is 8. The molecular formula is C53H36N6S. The van der Waals surface area contributed by atoms with Crippen molar-refractivity contribution >= 4 is 75.5 Å². The first-order valence-corrected chi connectivity index (χ1v) is 20.8. The maximum Gasteiger partial charge on any atom is 0.238 e. The van der Waals surface area contributed by atoms with Crippen molar-refractivity contribution in [3.05, 3.63) is 206 Å². The SMILES string of the molecule is C=C(/C=C\C(=C/C)c1ccccc1)c1nc(-c2cccc3sc4cccc(-c5nc6ccccc6n5-c5ccccc5)c4c23)nc(-n2c3ccccc3c3ccccc32)n1. The maximum atomic E-state index is 5.37. The minimum absolute atomic E-state index is 0.499. The predicted molar refractivity (Wildman–Crippen MR) is 251 cm³/mol. The molecular weight excluding hydrogens is 753 g/mol. The number of fused-ring (bicyclic) bond motifs is 7. The van der Waals surface area contributed by atoms with Crippen LogP contribution in [-0.2, 0) is 0 Å². The summed E-state index contributed by atoms with van der Waals surface area (Å²) in [6, 6.07) is 58.9. The van der Waals surface area contributed by atoms with E-state index in [2.05, 4.69) is 180 Å². The third-order valence-electron chi connectivity index (χ3n) is 11.2. The summed E-state index contributed by atoms with van der Waals surface area (Å²) >= 11 is 1.77. The van der Waals surface area contributed by atoms with Crippen molar-refractivity contribution < 1.29 is 0 Å². The summed E-state index contributed by atoms with van der Waals surface area (Å²) in [4.78, 5) is 21.1. The van der Waals surface area contributed by atoms with Crippen LogP contribution in [0.25, 0.3) is 98.6 Å². The molecule has 0 unspecified atom stereocenters. The first-order chi connectivity index (χ1) is 29.6. The number of aromatic nitrogens is 6. The fraction of sp³-hybridized carbons (Fsp3) is 0.0189. The monoisotopic (exact) mass is 788 g/mol. The van der Waals surface area contributed by atoms with E-state index < -0.39 is 0 Å². The first-order valence-electron chi connectivity index (χ1n) is 20.0. The molecule has 7 aromatic carbocycles. The van der Waals surface area contributed by atoms with Crippen LogP contribution >= 0.6 is 11.3 Å². The number of allylic oxidation sites excluding steroid dienone is 5. The van der Waals surface area contributed by atoms with E-state index in [4.69, 9.17) is 19.9 Å². The van der Waals surface area contributed by atoms with Crippen molar-refractivity contribution in [3.63, 3.8) is 0 Å². The van der Waals surface area contributed by atoms with Gasteiger partial charge in [-0.05, 0) is 66.6 Å². The third kappa shape index (κ3) is 5.86. The number of hydrogen-bond donors (Lipinski definition) is 0. The third-order valence-corrected chi connectivity index (χ3v) is 12.3. The maximum absolute atomic E-state index is 5.37. The lowest BCUT2D eigenvalue weighted by molar-refractivity contribution is 0.934. The molecule has 4 aromatic heterocycles. The summed E-state index contributed by atoms with van der Waals surface area (Å²) in [6.07, 6.45) is 6.19. The van der Waals surface area contributed by atoms with Crippen LogP contribution in [0.3, 0.4) is 0 Å². The number of benzene rings is 7. The Labute approximate surface area is 350 Å². The molecule has 6 nitrogen and oxygen atoms in total. The number of imidazole rings is 1. The topological polar surface area (TPSA) is 61.4 Å². The highest BCUT2D eigenvalue weighted by atomic mass is 32.1. The zero-order valence-electron chi connectivity index (χ0n) is 32.7. The largest absolute Gasteiger partial charge is 0.292 e. The van der Waals surface area contributed by atoms with E-state index in [1.165, 1.54) is 0 Å². The molecule has 0 atom stereocenters. The van der Waals surface area contributed by atoms with E-state index in [1.807, 2.05) is 31.2 Å². The summed E-state index contributed by atoms with van der Waals surface area (Å²) in [5.41, 5.74) is 9.90. The molecule has 11 aromatic rings. The van der Waals surface area contributed by atoms with Gasteiger partial charge in [-0.2, -0.15) is 9.97 Å². The van der Waals surface area contributed by atoms with Crippen LogP contribution in [0.15, 0.2) is 195 Å². The Morgan fingerprint density at radius 2 is 1.13 bits per heavy atom. The number of nitrogens with zero attached hydrogens (tertiary/aromatic N) is 6. The summed E-state index contributed by atoms with van der Waals surface area (Å²) in [5, 5.41) is 4.45. The van der Waals surface area contributed by atoms with Gasteiger partial charge in [0.2, 0.25) is 5.95 Å². The van der Waals surface area contributed by atoms with Crippen LogP contribution in [0.4, 0.5) is 0 Å². The number of hydrogen-bond acceptors (Lipinski definition) is 5. The average Bonchev–Trinajstić information content (AvgIpc) is 4.00. The zero-order valence-corrected chi connectivity index (χ0v) is 33.5. The van der Waals surface area contributed by atoms with Gasteiger partial charge in [0, 0.05) is 53.3 Å². The lowest BCUT2D eigenvalue weighted by Gasteiger charge is -2.13. The Morgan fingerprint density at radius 3 is 1.83 bits per heavy atom. The minimum Gasteiger partial charge on any atom is -0.292 e. The summed E-state index contributed by atoms with van der Waals surface area (Å²) < 4.78 is 6.71. The Kier molecular flexibility index (Phi) is 8.60. The lowest BCUT2D eigenvalue weighted by atomic mass is 10.0. The molecule has 4 heterocycles. The van der Waals surface area contributed by atoms with Gasteiger partial charge in [0.15, 0.2) is 11.6 Å². The van der Waals surface area contributed by atoms with Crippen molar-refractivity contribution in [1.82, 2.24) is 29.1 Å². The molecule has 0 N–H and O–H groups in total. The smallest absolute Gasteiger partial charge is 0.238 e. The molecule has 0 aliphatic heterocycles. The van der Waals surface area contributed by atoms with Gasteiger partial charge in [0.25, 0.3) is 0 Å². The molecule has 0 aliphatic rings. The van der Waals surface area contributed by atoms with Crippen molar-refractivity contribution in [2.45, 2.75) is 6.92 Å². The fourth-order valence-corrected chi connectivity index (χ4v) is 9.56. The van der Waals surface area contributed by atoms with Gasteiger partial charge in [0.05, 0.1) is 22.1 Å². The fourth-order valence-electron chi connectivity index (χ4n) is 8.41. The van der Waals surface area contributed by atoms with Crippen molar-refractivity contribution in [1.29, 1.82) is 0 Å². The van der Waals surface area contributed by atoms with Gasteiger partial charge in [-0.1, -0.05) is 146 Å². The number of para-hydroxylation sites is 5. The number of thiophene rings is 1. The Morgan fingerprint density at radius 1 is 0.533 bits per heavy atom. The molecule has 284 valence electrons. The molecule has 0 fully saturated rings. The molecule has 0 saturated carbocycles. The minimum atomic E-state index is 0.499. The summed E-state index contributed by atoms with van der Waals surface area (Å²) in [6.45, 7) is 6.58. The highest BCUT2D eigenvalue weighted by Crippen LogP contribution is 2.45. The van der Waals surface area contributed by atoms with Gasteiger partial charge in [-0.25, -0.2) is 9.97 Å².